The van der Waals surface area contributed by atoms with Crippen molar-refractivity contribution in [1.29, 1.82) is 5.26 Å². The number of amides is 1. The Hall–Kier alpha value is -4.95. The van der Waals surface area contributed by atoms with Gasteiger partial charge >= 0.3 is 0 Å². The predicted octanol–water partition coefficient (Wildman–Crippen LogP) is 3.95. The molecule has 3 aliphatic rings. The lowest BCUT2D eigenvalue weighted by Crippen LogP contribution is -2.41. The van der Waals surface area contributed by atoms with Crippen molar-refractivity contribution in [3.05, 3.63) is 66.1 Å². The van der Waals surface area contributed by atoms with Crippen molar-refractivity contribution in [2.24, 2.45) is 24.6 Å². The van der Waals surface area contributed by atoms with Crippen LogP contribution >= 0.6 is 0 Å². The number of hydrogen-bond donors (Lipinski definition) is 1. The monoisotopic (exact) mass is 601 g/mol. The van der Waals surface area contributed by atoms with E-state index in [0.717, 1.165) is 71.6 Å². The van der Waals surface area contributed by atoms with Gasteiger partial charge in [0.1, 0.15) is 23.0 Å². The van der Waals surface area contributed by atoms with Crippen LogP contribution in [-0.4, -0.2) is 73.7 Å². The second kappa shape index (κ2) is 10.6. The maximum Gasteiger partial charge on any atom is 0.254 e. The van der Waals surface area contributed by atoms with Gasteiger partial charge in [-0.1, -0.05) is 0 Å². The molecule has 6 heterocycles. The zero-order valence-electron chi connectivity index (χ0n) is 25.4. The number of nitriles is 1. The van der Waals surface area contributed by atoms with E-state index < -0.39 is 0 Å². The minimum atomic E-state index is -0.0117. The highest BCUT2D eigenvalue weighted by molar-refractivity contribution is 6.00. The summed E-state index contributed by atoms with van der Waals surface area (Å²) in [6, 6.07) is 14.1. The fourth-order valence-corrected chi connectivity index (χ4v) is 7.84. The molecular formula is C34H35N9O2. The number of likely N-dealkylation sites (tertiary alicyclic amines) is 1. The highest BCUT2D eigenvalue weighted by atomic mass is 16.5. The van der Waals surface area contributed by atoms with Crippen molar-refractivity contribution in [3.63, 3.8) is 0 Å². The van der Waals surface area contributed by atoms with E-state index in [4.69, 9.17) is 15.5 Å². The van der Waals surface area contributed by atoms with Gasteiger partial charge in [-0.05, 0) is 67.5 Å². The number of nitrogens with two attached hydrogens (primary N) is 1. The second-order valence-electron chi connectivity index (χ2n) is 12.7. The first kappa shape index (κ1) is 27.6. The molecule has 1 amide bonds. The van der Waals surface area contributed by atoms with Crippen LogP contribution < -0.4 is 15.4 Å². The Morgan fingerprint density at radius 3 is 2.80 bits per heavy atom. The number of carbonyl (C=O) groups excluding carboxylic acids is 1. The summed E-state index contributed by atoms with van der Waals surface area (Å²) in [5, 5.41) is 10.4. The SMILES string of the molecule is COc1cc(C(=O)N2CC3CCC2[C@@H]3N)cc2nc(-c3cc4cccnc4n3C)n(C[C@H]3CCN(c4cncc(C#N)c4)C3)c12. The minimum Gasteiger partial charge on any atom is -0.494 e. The maximum atomic E-state index is 13.9. The molecular weight excluding hydrogens is 566 g/mol. The van der Waals surface area contributed by atoms with E-state index in [1.165, 1.54) is 0 Å². The van der Waals surface area contributed by atoms with Crippen molar-refractivity contribution in [2.75, 3.05) is 31.6 Å². The highest BCUT2D eigenvalue weighted by Gasteiger charge is 2.47. The van der Waals surface area contributed by atoms with Crippen molar-refractivity contribution >= 4 is 33.7 Å². The first-order valence-electron chi connectivity index (χ1n) is 15.6. The van der Waals surface area contributed by atoms with E-state index in [-0.39, 0.29) is 18.0 Å². The molecule has 2 aliphatic heterocycles. The van der Waals surface area contributed by atoms with Gasteiger partial charge in [0.25, 0.3) is 5.91 Å². The van der Waals surface area contributed by atoms with Crippen LogP contribution in [0.4, 0.5) is 5.69 Å². The molecule has 228 valence electrons. The number of aromatic nitrogens is 5. The average molecular weight is 602 g/mol. The number of rotatable bonds is 6. The molecule has 1 aromatic carbocycles. The number of nitrogens with zero attached hydrogens (tertiary/aromatic N) is 8. The number of pyridine rings is 2. The number of imidazole rings is 1. The molecule has 4 aromatic heterocycles. The van der Waals surface area contributed by atoms with Crippen molar-refractivity contribution < 1.29 is 9.53 Å². The lowest BCUT2D eigenvalue weighted by molar-refractivity contribution is 0.0700. The predicted molar refractivity (Wildman–Crippen MR) is 171 cm³/mol. The molecule has 0 radical (unpaired) electrons. The first-order chi connectivity index (χ1) is 21.9. The molecule has 1 saturated carbocycles. The Labute approximate surface area is 260 Å². The Kier molecular flexibility index (Phi) is 6.50. The third-order valence-corrected chi connectivity index (χ3v) is 10.1. The smallest absolute Gasteiger partial charge is 0.254 e. The quantitative estimate of drug-likeness (QED) is 0.310. The number of aryl methyl sites for hydroxylation is 1. The lowest BCUT2D eigenvalue weighted by atomic mass is 10.1. The zero-order chi connectivity index (χ0) is 30.8. The van der Waals surface area contributed by atoms with E-state index in [0.29, 0.717) is 41.8 Å². The van der Waals surface area contributed by atoms with Gasteiger partial charge in [-0.3, -0.25) is 9.78 Å². The zero-order valence-corrected chi connectivity index (χ0v) is 25.4. The van der Waals surface area contributed by atoms with Gasteiger partial charge in [0, 0.05) is 68.7 Å². The molecule has 11 nitrogen and oxygen atoms in total. The number of ether oxygens (including phenoxy) is 1. The Morgan fingerprint density at radius 1 is 1.16 bits per heavy atom. The van der Waals surface area contributed by atoms with Crippen molar-refractivity contribution in [3.8, 4) is 23.3 Å². The normalized spacial score (nSPS) is 22.5. The lowest BCUT2D eigenvalue weighted by Gasteiger charge is -2.27. The Morgan fingerprint density at radius 2 is 2.04 bits per heavy atom. The molecule has 2 saturated heterocycles. The van der Waals surface area contributed by atoms with Crippen LogP contribution in [0.5, 0.6) is 5.75 Å². The van der Waals surface area contributed by atoms with E-state index >= 15 is 0 Å². The molecule has 45 heavy (non-hydrogen) atoms. The van der Waals surface area contributed by atoms with E-state index in [2.05, 4.69) is 42.2 Å². The minimum absolute atomic E-state index is 0.0117. The Balaban J connectivity index is 1.21. The van der Waals surface area contributed by atoms with Crippen molar-refractivity contribution in [1.82, 2.24) is 29.0 Å². The van der Waals surface area contributed by atoms with Crippen LogP contribution in [0.3, 0.4) is 0 Å². The summed E-state index contributed by atoms with van der Waals surface area (Å²) in [6.45, 7) is 3.11. The summed E-state index contributed by atoms with van der Waals surface area (Å²) in [5.41, 5.74) is 12.0. The number of hydrogen-bond acceptors (Lipinski definition) is 8. The largest absolute Gasteiger partial charge is 0.494 e. The molecule has 5 aromatic rings. The molecule has 3 fully saturated rings. The summed E-state index contributed by atoms with van der Waals surface area (Å²) >= 11 is 0. The fourth-order valence-electron chi connectivity index (χ4n) is 7.84. The summed E-state index contributed by atoms with van der Waals surface area (Å²) in [4.78, 5) is 32.2. The van der Waals surface area contributed by atoms with Gasteiger partial charge in [0.15, 0.2) is 5.82 Å². The molecule has 2 unspecified atom stereocenters. The van der Waals surface area contributed by atoms with Gasteiger partial charge in [0.2, 0.25) is 0 Å². The first-order valence-corrected chi connectivity index (χ1v) is 15.6. The molecule has 2 N–H and O–H groups in total. The molecule has 8 rings (SSSR count). The third kappa shape index (κ3) is 4.43. The maximum absolute atomic E-state index is 13.9. The number of benzene rings is 1. The van der Waals surface area contributed by atoms with Crippen LogP contribution in [0.2, 0.25) is 0 Å². The Bertz CT molecular complexity index is 2010. The summed E-state index contributed by atoms with van der Waals surface area (Å²) < 4.78 is 10.3. The topological polar surface area (TPSA) is 131 Å². The highest BCUT2D eigenvalue weighted by Crippen LogP contribution is 2.40. The van der Waals surface area contributed by atoms with Crippen LogP contribution in [0.1, 0.15) is 35.2 Å². The summed E-state index contributed by atoms with van der Waals surface area (Å²) in [7, 11) is 3.67. The van der Waals surface area contributed by atoms with Crippen LogP contribution in [0.25, 0.3) is 33.6 Å². The fraction of sp³-hybridized carbons (Fsp3) is 0.382. The van der Waals surface area contributed by atoms with Gasteiger partial charge in [-0.15, -0.1) is 0 Å². The van der Waals surface area contributed by atoms with Gasteiger partial charge in [0.05, 0.1) is 35.8 Å². The second-order valence-corrected chi connectivity index (χ2v) is 12.7. The average Bonchev–Trinajstić information content (AvgIpc) is 3.90. The number of piperidine rings is 1. The van der Waals surface area contributed by atoms with Crippen LogP contribution in [0, 0.1) is 23.2 Å². The standard InChI is InChI=1S/C34H35N9O2/c1-40-28(12-22-4-3-8-38-32(22)40)33-39-26-11-24(34(44)42-19-23-5-6-27(42)30(23)36)13-29(45-2)31(26)43(33)18-20-7-9-41(17-20)25-10-21(14-35)15-37-16-25/h3-4,8,10-13,15-16,20,23,27,30H,5-7,9,17-19,36H2,1-2H3/t20-,23?,27?,30+/m0/s1. The summed E-state index contributed by atoms with van der Waals surface area (Å²) in [5.74, 6) is 2.11. The van der Waals surface area contributed by atoms with E-state index in [1.807, 2.05) is 42.4 Å². The molecule has 11 heteroatoms. The van der Waals surface area contributed by atoms with E-state index in [9.17, 15) is 10.1 Å². The number of methoxy groups -OCH3 is 1. The van der Waals surface area contributed by atoms with E-state index in [1.54, 1.807) is 19.5 Å². The number of carbonyl (C=O) groups is 1. The molecule has 2 bridgehead atoms. The number of fused-ring (bicyclic) bond motifs is 4. The van der Waals surface area contributed by atoms with Crippen molar-refractivity contribution in [2.45, 2.75) is 37.9 Å². The van der Waals surface area contributed by atoms with Gasteiger partial charge in [-0.25, -0.2) is 9.97 Å². The molecule has 4 atom stereocenters. The van der Waals surface area contributed by atoms with Gasteiger partial charge in [-0.2, -0.15) is 5.26 Å². The molecule has 1 aliphatic carbocycles. The van der Waals surface area contributed by atoms with Crippen LogP contribution in [-0.2, 0) is 13.6 Å². The summed E-state index contributed by atoms with van der Waals surface area (Å²) in [6.07, 6.45) is 8.24. The van der Waals surface area contributed by atoms with Crippen LogP contribution in [0.15, 0.2) is 55.0 Å². The number of anilines is 1. The molecule has 0 spiro atoms. The third-order valence-electron chi connectivity index (χ3n) is 10.1. The van der Waals surface area contributed by atoms with Gasteiger partial charge < -0.3 is 29.4 Å².